The van der Waals surface area contributed by atoms with Gasteiger partial charge in [-0.05, 0) is 43.5 Å². The Morgan fingerprint density at radius 1 is 1.35 bits per heavy atom. The molecule has 34 heavy (non-hydrogen) atoms. The van der Waals surface area contributed by atoms with Crippen LogP contribution in [0.4, 0.5) is 4.39 Å². The van der Waals surface area contributed by atoms with Gasteiger partial charge >= 0.3 is 5.97 Å². The second kappa shape index (κ2) is 11.2. The molecule has 1 aliphatic rings. The van der Waals surface area contributed by atoms with Crippen molar-refractivity contribution in [1.29, 1.82) is 0 Å². The summed E-state index contributed by atoms with van der Waals surface area (Å²) in [5.41, 5.74) is 0.505. The quantitative estimate of drug-likeness (QED) is 0.317. The van der Waals surface area contributed by atoms with Crippen molar-refractivity contribution in [1.82, 2.24) is 14.9 Å². The maximum Gasteiger partial charge on any atom is 0.308 e. The second-order valence-electron chi connectivity index (χ2n) is 8.27. The van der Waals surface area contributed by atoms with E-state index in [9.17, 15) is 19.1 Å². The highest BCUT2D eigenvalue weighted by molar-refractivity contribution is 8.01. The number of aromatic nitrogens is 2. The molecule has 0 bridgehead atoms. The van der Waals surface area contributed by atoms with Crippen LogP contribution in [0.5, 0.6) is 5.75 Å². The van der Waals surface area contributed by atoms with Gasteiger partial charge in [0.05, 0.1) is 30.3 Å². The highest BCUT2D eigenvalue weighted by Crippen LogP contribution is 2.31. The van der Waals surface area contributed by atoms with Gasteiger partial charge in [-0.15, -0.1) is 11.3 Å². The summed E-state index contributed by atoms with van der Waals surface area (Å²) in [4.78, 5) is 35.5. The highest BCUT2D eigenvalue weighted by Gasteiger charge is 2.34. The van der Waals surface area contributed by atoms with E-state index >= 15 is 0 Å². The third-order valence-corrected chi connectivity index (χ3v) is 8.20. The molecule has 0 aliphatic carbocycles. The van der Waals surface area contributed by atoms with Crippen molar-refractivity contribution in [2.45, 2.75) is 23.6 Å². The van der Waals surface area contributed by atoms with Gasteiger partial charge in [-0.1, -0.05) is 11.8 Å². The van der Waals surface area contributed by atoms with Gasteiger partial charge in [0.25, 0.3) is 0 Å². The zero-order valence-electron chi connectivity index (χ0n) is 18.8. The molecule has 0 amide bonds. The monoisotopic (exact) mass is 503 g/mol. The number of ketones is 1. The summed E-state index contributed by atoms with van der Waals surface area (Å²) in [5, 5.41) is 12.2. The Kier molecular flexibility index (Phi) is 8.12. The maximum absolute atomic E-state index is 14.6. The molecular weight excluding hydrogens is 477 g/mol. The number of fused-ring (bicyclic) bond motifs is 1. The van der Waals surface area contributed by atoms with Crippen LogP contribution < -0.4 is 4.74 Å². The third-order valence-electron chi connectivity index (χ3n) is 6.25. The zero-order valence-corrected chi connectivity index (χ0v) is 20.4. The molecule has 1 aromatic carbocycles. The van der Waals surface area contributed by atoms with Crippen molar-refractivity contribution in [3.05, 3.63) is 47.4 Å². The minimum atomic E-state index is -0.847. The SMILES string of the molecule is COc1ccc2ncc(F)c(C(=O)CCC3CCN(CCSc4nccs4)CC3C(=O)O)c2c1. The van der Waals surface area contributed by atoms with E-state index in [1.54, 1.807) is 47.5 Å². The predicted molar refractivity (Wildman–Crippen MR) is 130 cm³/mol. The molecule has 0 radical (unpaired) electrons. The fraction of sp³-hybridized carbons (Fsp3) is 0.417. The Morgan fingerprint density at radius 3 is 2.94 bits per heavy atom. The normalized spacial score (nSPS) is 18.8. The number of pyridine rings is 1. The number of halogens is 1. The number of benzene rings is 1. The van der Waals surface area contributed by atoms with Crippen molar-refractivity contribution in [3.8, 4) is 5.75 Å². The first kappa shape index (κ1) is 24.6. The van der Waals surface area contributed by atoms with Gasteiger partial charge in [-0.3, -0.25) is 14.6 Å². The van der Waals surface area contributed by atoms with Gasteiger partial charge in [0.1, 0.15) is 10.1 Å². The van der Waals surface area contributed by atoms with Crippen LogP contribution in [-0.2, 0) is 4.79 Å². The van der Waals surface area contributed by atoms with Gasteiger partial charge in [-0.25, -0.2) is 9.37 Å². The van der Waals surface area contributed by atoms with Crippen LogP contribution in [0.2, 0.25) is 0 Å². The number of thiazole rings is 1. The van der Waals surface area contributed by atoms with E-state index in [1.165, 1.54) is 7.11 Å². The van der Waals surface area contributed by atoms with Gasteiger partial charge in [-0.2, -0.15) is 0 Å². The van der Waals surface area contributed by atoms with Crippen LogP contribution >= 0.6 is 23.1 Å². The molecule has 0 saturated carbocycles. The molecule has 1 fully saturated rings. The lowest BCUT2D eigenvalue weighted by atomic mass is 9.81. The Balaban J connectivity index is 1.38. The number of thioether (sulfide) groups is 1. The third kappa shape index (κ3) is 5.73. The van der Waals surface area contributed by atoms with Crippen molar-refractivity contribution in [2.24, 2.45) is 11.8 Å². The number of aliphatic carboxylic acids is 1. The summed E-state index contributed by atoms with van der Waals surface area (Å²) in [6.45, 7) is 2.02. The van der Waals surface area contributed by atoms with E-state index in [0.717, 1.165) is 29.4 Å². The van der Waals surface area contributed by atoms with Crippen LogP contribution in [0.25, 0.3) is 10.9 Å². The van der Waals surface area contributed by atoms with Gasteiger partial charge < -0.3 is 14.7 Å². The summed E-state index contributed by atoms with van der Waals surface area (Å²) in [5.74, 6) is -1.18. The highest BCUT2D eigenvalue weighted by atomic mass is 32.2. The van der Waals surface area contributed by atoms with Crippen LogP contribution in [-0.4, -0.2) is 64.2 Å². The van der Waals surface area contributed by atoms with Crippen molar-refractivity contribution in [2.75, 3.05) is 32.5 Å². The van der Waals surface area contributed by atoms with E-state index in [-0.39, 0.29) is 23.7 Å². The molecule has 2 atom stereocenters. The number of Topliss-reactive ketones (excluding diaryl/α,β-unsaturated/α-hetero) is 1. The maximum atomic E-state index is 14.6. The summed E-state index contributed by atoms with van der Waals surface area (Å²) >= 11 is 3.27. The van der Waals surface area contributed by atoms with Crippen molar-refractivity contribution in [3.63, 3.8) is 0 Å². The molecule has 180 valence electrons. The number of ether oxygens (including phenoxy) is 1. The summed E-state index contributed by atoms with van der Waals surface area (Å²) < 4.78 is 20.8. The molecule has 1 aliphatic heterocycles. The zero-order chi connectivity index (χ0) is 24.1. The average Bonchev–Trinajstić information content (AvgIpc) is 3.36. The second-order valence-corrected chi connectivity index (χ2v) is 10.5. The minimum Gasteiger partial charge on any atom is -0.497 e. The Morgan fingerprint density at radius 2 is 2.21 bits per heavy atom. The molecule has 3 aromatic rings. The molecule has 0 spiro atoms. The number of carboxylic acids is 1. The van der Waals surface area contributed by atoms with Crippen LogP contribution in [0.1, 0.15) is 29.6 Å². The van der Waals surface area contributed by atoms with Crippen LogP contribution in [0.15, 0.2) is 40.3 Å². The molecule has 4 rings (SSSR count). The number of piperidine rings is 1. The lowest BCUT2D eigenvalue weighted by Crippen LogP contribution is -2.44. The van der Waals surface area contributed by atoms with E-state index in [0.29, 0.717) is 36.0 Å². The number of carboxylic acid groups (broad SMARTS) is 1. The fourth-order valence-electron chi connectivity index (χ4n) is 4.44. The van der Waals surface area contributed by atoms with Crippen LogP contribution in [0.3, 0.4) is 0 Å². The number of rotatable bonds is 10. The van der Waals surface area contributed by atoms with Crippen LogP contribution in [0, 0.1) is 17.7 Å². The Bertz CT molecular complexity index is 1160. The smallest absolute Gasteiger partial charge is 0.308 e. The van der Waals surface area contributed by atoms with E-state index < -0.39 is 17.7 Å². The number of carbonyl (C=O) groups is 2. The first-order valence-electron chi connectivity index (χ1n) is 11.1. The van der Waals surface area contributed by atoms with E-state index in [1.807, 2.05) is 5.38 Å². The largest absolute Gasteiger partial charge is 0.497 e. The number of carbonyl (C=O) groups excluding carboxylic acids is 1. The molecule has 2 aromatic heterocycles. The molecule has 1 saturated heterocycles. The summed E-state index contributed by atoms with van der Waals surface area (Å²) in [6, 6.07) is 5.01. The topological polar surface area (TPSA) is 92.6 Å². The first-order valence-corrected chi connectivity index (χ1v) is 13.0. The number of nitrogens with zero attached hydrogens (tertiary/aromatic N) is 3. The fourth-order valence-corrected chi connectivity index (χ4v) is 6.15. The standard InChI is InChI=1S/C24H26FN3O4S2/c1-32-16-3-4-20-17(12-16)22(19(25)13-27-20)21(29)5-2-15-6-8-28(14-18(15)23(30)31)9-11-34-24-26-7-10-33-24/h3-4,7,10,12-13,15,18H,2,5-6,8-9,11,14H2,1H3,(H,30,31). The van der Waals surface area contributed by atoms with E-state index in [4.69, 9.17) is 4.74 Å². The lowest BCUT2D eigenvalue weighted by molar-refractivity contribution is -0.146. The molecule has 1 N–H and O–H groups in total. The number of methoxy groups -OCH3 is 1. The van der Waals surface area contributed by atoms with Gasteiger partial charge in [0, 0.05) is 42.2 Å². The Hall–Kier alpha value is -2.56. The lowest BCUT2D eigenvalue weighted by Gasteiger charge is -2.36. The molecule has 3 heterocycles. The molecular formula is C24H26FN3O4S2. The first-order chi connectivity index (χ1) is 16.5. The average molecular weight is 504 g/mol. The van der Waals surface area contributed by atoms with Gasteiger partial charge in [0.15, 0.2) is 11.6 Å². The molecule has 2 unspecified atom stereocenters. The summed E-state index contributed by atoms with van der Waals surface area (Å²) in [7, 11) is 1.51. The summed E-state index contributed by atoms with van der Waals surface area (Å²) in [6.07, 6.45) is 4.02. The number of hydrogen-bond acceptors (Lipinski definition) is 8. The molecule has 10 heteroatoms. The van der Waals surface area contributed by atoms with Gasteiger partial charge in [0.2, 0.25) is 0 Å². The predicted octanol–water partition coefficient (Wildman–Crippen LogP) is 4.62. The van der Waals surface area contributed by atoms with E-state index in [2.05, 4.69) is 14.9 Å². The number of hydrogen-bond donors (Lipinski definition) is 1. The minimum absolute atomic E-state index is 0.00702. The van der Waals surface area contributed by atoms with Crippen molar-refractivity contribution >= 4 is 45.8 Å². The Labute approximate surface area is 205 Å². The molecule has 7 nitrogen and oxygen atoms in total. The van der Waals surface area contributed by atoms with Crippen molar-refractivity contribution < 1.29 is 23.8 Å². The number of likely N-dealkylation sites (tertiary alicyclic amines) is 1.